The predicted octanol–water partition coefficient (Wildman–Crippen LogP) is 4.24. The van der Waals surface area contributed by atoms with Gasteiger partial charge in [0.2, 0.25) is 5.43 Å². The van der Waals surface area contributed by atoms with E-state index in [9.17, 15) is 4.79 Å². The van der Waals surface area contributed by atoms with E-state index in [4.69, 9.17) is 11.6 Å². The molecule has 3 nitrogen and oxygen atoms in total. The Morgan fingerprint density at radius 3 is 2.38 bits per heavy atom. The second kappa shape index (κ2) is 6.46. The third-order valence-corrected chi connectivity index (χ3v) is 5.64. The molecule has 122 valence electrons. The van der Waals surface area contributed by atoms with Gasteiger partial charge in [-0.3, -0.25) is 4.79 Å². The molecule has 2 heterocycles. The maximum Gasteiger partial charge on any atom is 0.211 e. The third-order valence-electron chi connectivity index (χ3n) is 4.46. The maximum atomic E-state index is 12.8. The summed E-state index contributed by atoms with van der Waals surface area (Å²) in [5, 5.41) is 3.31. The van der Waals surface area contributed by atoms with E-state index in [0.717, 1.165) is 42.0 Å². The SMILES string of the molecule is O=c1c(N2CCN(c3ccccc3)CC2)csc2ccc(Cl)cc12. The Balaban J connectivity index is 1.59. The first kappa shape index (κ1) is 15.5. The highest BCUT2D eigenvalue weighted by Crippen LogP contribution is 2.25. The number of hydrogen-bond donors (Lipinski definition) is 0. The molecular weight excluding hydrogens is 340 g/mol. The van der Waals surface area contributed by atoms with E-state index in [2.05, 4.69) is 34.1 Å². The van der Waals surface area contributed by atoms with Crippen molar-refractivity contribution >= 4 is 44.4 Å². The van der Waals surface area contributed by atoms with Crippen LogP contribution in [0.3, 0.4) is 0 Å². The zero-order valence-electron chi connectivity index (χ0n) is 13.1. The van der Waals surface area contributed by atoms with Crippen molar-refractivity contribution in [1.29, 1.82) is 0 Å². The van der Waals surface area contributed by atoms with Crippen LogP contribution in [0.5, 0.6) is 0 Å². The van der Waals surface area contributed by atoms with Crippen LogP contribution in [-0.4, -0.2) is 26.2 Å². The summed E-state index contributed by atoms with van der Waals surface area (Å²) in [7, 11) is 0. The minimum Gasteiger partial charge on any atom is -0.368 e. The standard InChI is InChI=1S/C19H17ClN2OS/c20-14-6-7-18-16(12-14)19(23)17(13-24-18)22-10-8-21(9-11-22)15-4-2-1-3-5-15/h1-7,12-13H,8-11H2. The van der Waals surface area contributed by atoms with Crippen LogP contribution in [0, 0.1) is 0 Å². The van der Waals surface area contributed by atoms with Gasteiger partial charge in [0.15, 0.2) is 0 Å². The van der Waals surface area contributed by atoms with Crippen LogP contribution in [0.25, 0.3) is 10.1 Å². The van der Waals surface area contributed by atoms with Gasteiger partial charge in [-0.2, -0.15) is 0 Å². The van der Waals surface area contributed by atoms with Gasteiger partial charge in [-0.05, 0) is 30.3 Å². The van der Waals surface area contributed by atoms with E-state index >= 15 is 0 Å². The van der Waals surface area contributed by atoms with Gasteiger partial charge < -0.3 is 9.80 Å². The molecule has 4 rings (SSSR count). The highest BCUT2D eigenvalue weighted by molar-refractivity contribution is 7.16. The van der Waals surface area contributed by atoms with Gasteiger partial charge in [0, 0.05) is 52.4 Å². The number of para-hydroxylation sites is 1. The number of piperazine rings is 1. The van der Waals surface area contributed by atoms with Gasteiger partial charge in [0.25, 0.3) is 0 Å². The summed E-state index contributed by atoms with van der Waals surface area (Å²) in [4.78, 5) is 17.4. The number of nitrogens with zero attached hydrogens (tertiary/aromatic N) is 2. The molecule has 0 saturated carbocycles. The summed E-state index contributed by atoms with van der Waals surface area (Å²) in [5.41, 5.74) is 2.12. The normalized spacial score (nSPS) is 15.0. The number of fused-ring (bicyclic) bond motifs is 1. The third kappa shape index (κ3) is 2.87. The van der Waals surface area contributed by atoms with E-state index in [1.165, 1.54) is 5.69 Å². The molecule has 1 aliphatic heterocycles. The fourth-order valence-corrected chi connectivity index (χ4v) is 4.25. The number of halogens is 1. The van der Waals surface area contributed by atoms with Crippen LogP contribution >= 0.6 is 22.9 Å². The van der Waals surface area contributed by atoms with Gasteiger partial charge in [-0.15, -0.1) is 11.3 Å². The summed E-state index contributed by atoms with van der Waals surface area (Å²) in [6.45, 7) is 3.54. The molecule has 1 saturated heterocycles. The van der Waals surface area contributed by atoms with Crippen LogP contribution < -0.4 is 15.2 Å². The molecule has 5 heteroatoms. The minimum atomic E-state index is 0.0828. The Hall–Kier alpha value is -2.04. The number of anilines is 2. The first-order valence-electron chi connectivity index (χ1n) is 7.98. The Bertz CT molecular complexity index is 918. The van der Waals surface area contributed by atoms with Crippen molar-refractivity contribution in [3.8, 4) is 0 Å². The highest BCUT2D eigenvalue weighted by atomic mass is 35.5. The second-order valence-corrected chi connectivity index (χ2v) is 7.25. The second-order valence-electron chi connectivity index (χ2n) is 5.90. The van der Waals surface area contributed by atoms with Gasteiger partial charge >= 0.3 is 0 Å². The van der Waals surface area contributed by atoms with Crippen LogP contribution in [0.1, 0.15) is 0 Å². The molecule has 1 aliphatic rings. The highest BCUT2D eigenvalue weighted by Gasteiger charge is 2.20. The van der Waals surface area contributed by atoms with Crippen molar-refractivity contribution in [1.82, 2.24) is 0 Å². The molecule has 1 aromatic heterocycles. The lowest BCUT2D eigenvalue weighted by atomic mass is 10.2. The lowest BCUT2D eigenvalue weighted by Gasteiger charge is -2.37. The molecule has 2 aromatic carbocycles. The van der Waals surface area contributed by atoms with Crippen LogP contribution in [-0.2, 0) is 0 Å². The number of rotatable bonds is 2. The predicted molar refractivity (Wildman–Crippen MR) is 104 cm³/mol. The largest absolute Gasteiger partial charge is 0.368 e. The zero-order valence-corrected chi connectivity index (χ0v) is 14.7. The van der Waals surface area contributed by atoms with E-state index in [-0.39, 0.29) is 5.43 Å². The molecule has 24 heavy (non-hydrogen) atoms. The molecule has 0 N–H and O–H groups in total. The summed E-state index contributed by atoms with van der Waals surface area (Å²) in [6, 6.07) is 15.9. The van der Waals surface area contributed by atoms with Crippen molar-refractivity contribution in [3.05, 3.63) is 69.2 Å². The fraction of sp³-hybridized carbons (Fsp3) is 0.211. The Kier molecular flexibility index (Phi) is 4.17. The zero-order chi connectivity index (χ0) is 16.5. The van der Waals surface area contributed by atoms with Crippen molar-refractivity contribution in [2.24, 2.45) is 0 Å². The number of hydrogen-bond acceptors (Lipinski definition) is 4. The summed E-state index contributed by atoms with van der Waals surface area (Å²) < 4.78 is 0.982. The summed E-state index contributed by atoms with van der Waals surface area (Å²) in [6.07, 6.45) is 0. The molecule has 0 spiro atoms. The van der Waals surface area contributed by atoms with E-state index in [1.54, 1.807) is 17.4 Å². The molecule has 0 atom stereocenters. The van der Waals surface area contributed by atoms with E-state index in [1.807, 2.05) is 23.6 Å². The Morgan fingerprint density at radius 2 is 1.62 bits per heavy atom. The van der Waals surface area contributed by atoms with Crippen LogP contribution in [0.2, 0.25) is 5.02 Å². The monoisotopic (exact) mass is 356 g/mol. The lowest BCUT2D eigenvalue weighted by molar-refractivity contribution is 0.653. The Morgan fingerprint density at radius 1 is 0.917 bits per heavy atom. The minimum absolute atomic E-state index is 0.0828. The summed E-state index contributed by atoms with van der Waals surface area (Å²) >= 11 is 7.66. The smallest absolute Gasteiger partial charge is 0.211 e. The van der Waals surface area contributed by atoms with Crippen LogP contribution in [0.15, 0.2) is 58.7 Å². The molecule has 0 amide bonds. The fourth-order valence-electron chi connectivity index (χ4n) is 3.16. The average Bonchev–Trinajstić information content (AvgIpc) is 2.63. The van der Waals surface area contributed by atoms with Gasteiger partial charge in [0.05, 0.1) is 5.69 Å². The molecule has 0 unspecified atom stereocenters. The van der Waals surface area contributed by atoms with Gasteiger partial charge in [0.1, 0.15) is 0 Å². The molecule has 1 fully saturated rings. The van der Waals surface area contributed by atoms with E-state index < -0.39 is 0 Å². The van der Waals surface area contributed by atoms with Crippen molar-refractivity contribution in [2.75, 3.05) is 36.0 Å². The lowest BCUT2D eigenvalue weighted by Crippen LogP contribution is -2.47. The van der Waals surface area contributed by atoms with Crippen LogP contribution in [0.4, 0.5) is 11.4 Å². The molecule has 3 aromatic rings. The first-order chi connectivity index (χ1) is 11.7. The van der Waals surface area contributed by atoms with E-state index in [0.29, 0.717) is 5.02 Å². The maximum absolute atomic E-state index is 12.8. The first-order valence-corrected chi connectivity index (χ1v) is 9.24. The van der Waals surface area contributed by atoms with Gasteiger partial charge in [-0.1, -0.05) is 29.8 Å². The molecule has 0 aliphatic carbocycles. The topological polar surface area (TPSA) is 23.6 Å². The molecular formula is C19H17ClN2OS. The van der Waals surface area contributed by atoms with Crippen molar-refractivity contribution < 1.29 is 0 Å². The molecule has 0 radical (unpaired) electrons. The molecule has 0 bridgehead atoms. The van der Waals surface area contributed by atoms with Crippen molar-refractivity contribution in [3.63, 3.8) is 0 Å². The number of benzene rings is 2. The average molecular weight is 357 g/mol. The van der Waals surface area contributed by atoms with Gasteiger partial charge in [-0.25, -0.2) is 0 Å². The summed E-state index contributed by atoms with van der Waals surface area (Å²) in [5.74, 6) is 0. The van der Waals surface area contributed by atoms with Crippen molar-refractivity contribution in [2.45, 2.75) is 0 Å². The quantitative estimate of drug-likeness (QED) is 0.686. The Labute approximate surface area is 149 Å².